The van der Waals surface area contributed by atoms with Crippen LogP contribution in [0, 0.1) is 0 Å². The highest BCUT2D eigenvalue weighted by molar-refractivity contribution is 6.60. The first-order chi connectivity index (χ1) is 7.67. The summed E-state index contributed by atoms with van der Waals surface area (Å²) in [5, 5.41) is 9.36. The standard InChI is InChI=1S/C9H20O6Si/c1-11-16(12-2,13-3)6-4-5-14-9(10)8-7-15-8/h8-10H,4-7H2,1-3H3. The Labute approximate surface area is 96.8 Å². The number of aliphatic hydroxyl groups is 1. The number of rotatable bonds is 9. The van der Waals surface area contributed by atoms with Gasteiger partial charge in [-0.2, -0.15) is 0 Å². The lowest BCUT2D eigenvalue weighted by Crippen LogP contribution is -2.42. The summed E-state index contributed by atoms with van der Waals surface area (Å²) in [7, 11) is 2.24. The third-order valence-corrected chi connectivity index (χ3v) is 5.36. The predicted molar refractivity (Wildman–Crippen MR) is 57.9 cm³/mol. The Balaban J connectivity index is 2.12. The maximum atomic E-state index is 9.36. The molecule has 1 heterocycles. The number of aliphatic hydroxyl groups excluding tert-OH is 1. The molecule has 0 spiro atoms. The van der Waals surface area contributed by atoms with Crippen molar-refractivity contribution in [2.75, 3.05) is 34.5 Å². The molecule has 16 heavy (non-hydrogen) atoms. The third kappa shape index (κ3) is 4.09. The summed E-state index contributed by atoms with van der Waals surface area (Å²) in [5.41, 5.74) is 0. The van der Waals surface area contributed by atoms with Crippen LogP contribution in [0.5, 0.6) is 0 Å². The van der Waals surface area contributed by atoms with Gasteiger partial charge in [-0.25, -0.2) is 0 Å². The average Bonchev–Trinajstić information content (AvgIpc) is 3.14. The van der Waals surface area contributed by atoms with Gasteiger partial charge in [0.25, 0.3) is 0 Å². The average molecular weight is 252 g/mol. The molecule has 0 aromatic carbocycles. The van der Waals surface area contributed by atoms with Crippen LogP contribution in [-0.4, -0.2) is 60.8 Å². The fraction of sp³-hybridized carbons (Fsp3) is 1.00. The molecule has 1 fully saturated rings. The van der Waals surface area contributed by atoms with Gasteiger partial charge in [-0.05, 0) is 6.42 Å². The molecule has 1 N–H and O–H groups in total. The van der Waals surface area contributed by atoms with Gasteiger partial charge in [-0.15, -0.1) is 0 Å². The largest absolute Gasteiger partial charge is 0.500 e. The summed E-state index contributed by atoms with van der Waals surface area (Å²) in [6.07, 6.45) is -0.246. The van der Waals surface area contributed by atoms with Crippen molar-refractivity contribution in [2.45, 2.75) is 24.9 Å². The Morgan fingerprint density at radius 1 is 1.31 bits per heavy atom. The van der Waals surface area contributed by atoms with Crippen LogP contribution in [0.2, 0.25) is 6.04 Å². The van der Waals surface area contributed by atoms with Gasteiger partial charge in [0.15, 0.2) is 6.29 Å². The molecule has 2 unspecified atom stereocenters. The second-order valence-electron chi connectivity index (χ2n) is 3.53. The minimum Gasteiger partial charge on any atom is -0.377 e. The minimum absolute atomic E-state index is 0.144. The Hall–Kier alpha value is -0.0231. The molecule has 1 rings (SSSR count). The van der Waals surface area contributed by atoms with Gasteiger partial charge in [0, 0.05) is 34.0 Å². The molecule has 96 valence electrons. The molecule has 7 heteroatoms. The van der Waals surface area contributed by atoms with E-state index in [0.29, 0.717) is 25.7 Å². The van der Waals surface area contributed by atoms with E-state index < -0.39 is 15.1 Å². The highest BCUT2D eigenvalue weighted by Crippen LogP contribution is 2.17. The quantitative estimate of drug-likeness (QED) is 0.269. The molecule has 1 aliphatic rings. The van der Waals surface area contributed by atoms with E-state index in [1.165, 1.54) is 0 Å². The Morgan fingerprint density at radius 3 is 2.31 bits per heavy atom. The molecule has 0 aromatic rings. The van der Waals surface area contributed by atoms with Crippen molar-refractivity contribution in [3.05, 3.63) is 0 Å². The maximum Gasteiger partial charge on any atom is 0.500 e. The second-order valence-corrected chi connectivity index (χ2v) is 6.62. The van der Waals surface area contributed by atoms with Crippen molar-refractivity contribution in [3.63, 3.8) is 0 Å². The van der Waals surface area contributed by atoms with E-state index in [1.54, 1.807) is 21.3 Å². The summed E-state index contributed by atoms with van der Waals surface area (Å²) in [6.45, 7) is 1.01. The van der Waals surface area contributed by atoms with Crippen LogP contribution in [0.1, 0.15) is 6.42 Å². The van der Waals surface area contributed by atoms with Crippen LogP contribution >= 0.6 is 0 Å². The monoisotopic (exact) mass is 252 g/mol. The van der Waals surface area contributed by atoms with Gasteiger partial charge in [0.1, 0.15) is 6.10 Å². The molecule has 0 amide bonds. The summed E-state index contributed by atoms with van der Waals surface area (Å²) < 4.78 is 25.8. The normalized spacial score (nSPS) is 22.1. The van der Waals surface area contributed by atoms with E-state index in [-0.39, 0.29) is 6.10 Å². The lowest BCUT2D eigenvalue weighted by Gasteiger charge is -2.24. The van der Waals surface area contributed by atoms with E-state index in [1.807, 2.05) is 0 Å². The lowest BCUT2D eigenvalue weighted by atomic mass is 10.4. The van der Waals surface area contributed by atoms with Crippen molar-refractivity contribution in [1.29, 1.82) is 0 Å². The smallest absolute Gasteiger partial charge is 0.377 e. The molecule has 0 aliphatic carbocycles. The van der Waals surface area contributed by atoms with Crippen molar-refractivity contribution in [2.24, 2.45) is 0 Å². The highest BCUT2D eigenvalue weighted by atomic mass is 28.4. The fourth-order valence-corrected chi connectivity index (χ4v) is 3.07. The molecule has 0 aromatic heterocycles. The molecule has 0 radical (unpaired) electrons. The molecule has 1 saturated heterocycles. The molecule has 6 nitrogen and oxygen atoms in total. The van der Waals surface area contributed by atoms with Crippen molar-refractivity contribution in [1.82, 2.24) is 0 Å². The fourth-order valence-electron chi connectivity index (χ4n) is 1.38. The maximum absolute atomic E-state index is 9.36. The SMILES string of the molecule is CO[Si](CCCOC(O)C1CO1)(OC)OC. The number of hydrogen-bond donors (Lipinski definition) is 1. The predicted octanol–water partition coefficient (Wildman–Crippen LogP) is -0.0116. The third-order valence-electron chi connectivity index (χ3n) is 2.53. The summed E-state index contributed by atoms with van der Waals surface area (Å²) in [6, 6.07) is 0.661. The van der Waals surface area contributed by atoms with Crippen LogP contribution in [0.3, 0.4) is 0 Å². The van der Waals surface area contributed by atoms with Crippen LogP contribution < -0.4 is 0 Å². The second kappa shape index (κ2) is 6.65. The lowest BCUT2D eigenvalue weighted by molar-refractivity contribution is -0.112. The van der Waals surface area contributed by atoms with Gasteiger partial charge < -0.3 is 27.9 Å². The van der Waals surface area contributed by atoms with Gasteiger partial charge in [-0.1, -0.05) is 0 Å². The van der Waals surface area contributed by atoms with Gasteiger partial charge in [-0.3, -0.25) is 0 Å². The summed E-state index contributed by atoms with van der Waals surface area (Å²) >= 11 is 0. The van der Waals surface area contributed by atoms with Gasteiger partial charge in [0.05, 0.1) is 6.61 Å². The molecule has 2 atom stereocenters. The zero-order valence-corrected chi connectivity index (χ0v) is 11.0. The molecule has 1 aliphatic heterocycles. The van der Waals surface area contributed by atoms with E-state index in [4.69, 9.17) is 22.8 Å². The van der Waals surface area contributed by atoms with Gasteiger partial charge in [0.2, 0.25) is 0 Å². The van der Waals surface area contributed by atoms with E-state index in [2.05, 4.69) is 0 Å². The molecule has 0 bridgehead atoms. The Morgan fingerprint density at radius 2 is 1.88 bits per heavy atom. The van der Waals surface area contributed by atoms with Crippen molar-refractivity contribution < 1.29 is 27.9 Å². The zero-order valence-electron chi connectivity index (χ0n) is 9.97. The van der Waals surface area contributed by atoms with Gasteiger partial charge >= 0.3 is 8.80 Å². The number of hydrogen-bond acceptors (Lipinski definition) is 6. The molecular formula is C9H20O6Si. The van der Waals surface area contributed by atoms with Crippen molar-refractivity contribution in [3.8, 4) is 0 Å². The molecule has 0 saturated carbocycles. The summed E-state index contributed by atoms with van der Waals surface area (Å²) in [4.78, 5) is 0. The topological polar surface area (TPSA) is 69.7 Å². The Bertz CT molecular complexity index is 186. The minimum atomic E-state index is -2.49. The number of ether oxygens (including phenoxy) is 2. The first-order valence-electron chi connectivity index (χ1n) is 5.24. The zero-order chi connectivity index (χ0) is 12.0. The van der Waals surface area contributed by atoms with E-state index >= 15 is 0 Å². The first kappa shape index (κ1) is 14.0. The highest BCUT2D eigenvalue weighted by Gasteiger charge is 2.37. The Kier molecular flexibility index (Phi) is 5.83. The summed E-state index contributed by atoms with van der Waals surface area (Å²) in [5.74, 6) is 0. The van der Waals surface area contributed by atoms with E-state index in [9.17, 15) is 5.11 Å². The van der Waals surface area contributed by atoms with Crippen LogP contribution in [0.4, 0.5) is 0 Å². The van der Waals surface area contributed by atoms with Crippen LogP contribution in [0.25, 0.3) is 0 Å². The van der Waals surface area contributed by atoms with Crippen LogP contribution in [0.15, 0.2) is 0 Å². The van der Waals surface area contributed by atoms with Crippen molar-refractivity contribution >= 4 is 8.80 Å². The van der Waals surface area contributed by atoms with E-state index in [0.717, 1.165) is 0 Å². The van der Waals surface area contributed by atoms with Crippen LogP contribution in [-0.2, 0) is 22.8 Å². The molecular weight excluding hydrogens is 232 g/mol. The first-order valence-corrected chi connectivity index (χ1v) is 7.17. The number of epoxide rings is 1.